The molecule has 0 aromatic heterocycles. The third kappa shape index (κ3) is 3.97. The average molecular weight is 391 g/mol. The molecule has 0 radical (unpaired) electrons. The third-order valence-corrected chi connectivity index (χ3v) is 6.05. The summed E-state index contributed by atoms with van der Waals surface area (Å²) in [5, 5.41) is 10.8. The number of hydrogen-bond acceptors (Lipinski definition) is 6. The molecule has 0 saturated carbocycles. The summed E-state index contributed by atoms with van der Waals surface area (Å²) in [6.07, 6.45) is 0.732. The predicted octanol–water partition coefficient (Wildman–Crippen LogP) is 1.29. The second-order valence-corrected chi connectivity index (χ2v) is 8.26. The Kier molecular flexibility index (Phi) is 5.23. The Morgan fingerprint density at radius 3 is 2.33 bits per heavy atom. The van der Waals surface area contributed by atoms with Crippen LogP contribution in [0.5, 0.6) is 5.75 Å². The molecule has 1 aliphatic rings. The first kappa shape index (κ1) is 19.3. The first-order valence-corrected chi connectivity index (χ1v) is 9.81. The number of hydrogen-bond donors (Lipinski definition) is 2. The van der Waals surface area contributed by atoms with E-state index in [0.717, 1.165) is 11.1 Å². The summed E-state index contributed by atoms with van der Waals surface area (Å²) in [5.41, 5.74) is 0.892. The number of carbonyl (C=O) groups is 1. The topological polar surface area (TPSA) is 102 Å². The Labute approximate surface area is 158 Å². The maximum absolute atomic E-state index is 12.8. The van der Waals surface area contributed by atoms with Crippen molar-refractivity contribution >= 4 is 16.0 Å². The highest BCUT2D eigenvalue weighted by Gasteiger charge is 2.36. The van der Waals surface area contributed by atoms with Gasteiger partial charge < -0.3 is 14.6 Å². The van der Waals surface area contributed by atoms with Gasteiger partial charge in [-0.1, -0.05) is 24.3 Å². The van der Waals surface area contributed by atoms with Crippen LogP contribution in [0.15, 0.2) is 47.4 Å². The van der Waals surface area contributed by atoms with Gasteiger partial charge in [0, 0.05) is 19.4 Å². The summed E-state index contributed by atoms with van der Waals surface area (Å²) in [6.45, 7) is -0.157. The maximum Gasteiger partial charge on any atom is 0.337 e. The minimum absolute atomic E-state index is 0.0886. The molecule has 0 saturated heterocycles. The van der Waals surface area contributed by atoms with Crippen LogP contribution >= 0.6 is 0 Å². The molecule has 0 atom stereocenters. The summed E-state index contributed by atoms with van der Waals surface area (Å²) < 4.78 is 37.8. The van der Waals surface area contributed by atoms with Crippen LogP contribution < -0.4 is 9.46 Å². The van der Waals surface area contributed by atoms with Crippen molar-refractivity contribution in [1.82, 2.24) is 4.72 Å². The van der Waals surface area contributed by atoms with Crippen LogP contribution in [0.2, 0.25) is 0 Å². The number of nitrogens with one attached hydrogen (secondary N) is 1. The number of sulfonamides is 1. The molecular formula is C19H21NO6S. The summed E-state index contributed by atoms with van der Waals surface area (Å²) in [6, 6.07) is 11.6. The molecule has 0 amide bonds. The SMILES string of the molecule is COC(=O)c1ccc(OC)c(S(=O)(=O)NCC2(O)Cc3ccccc3C2)c1. The highest BCUT2D eigenvalue weighted by molar-refractivity contribution is 7.89. The first-order valence-electron chi connectivity index (χ1n) is 8.33. The lowest BCUT2D eigenvalue weighted by Gasteiger charge is -2.23. The summed E-state index contributed by atoms with van der Waals surface area (Å²) in [4.78, 5) is 11.5. The van der Waals surface area contributed by atoms with Gasteiger partial charge in [-0.25, -0.2) is 17.9 Å². The minimum atomic E-state index is -4.02. The van der Waals surface area contributed by atoms with Gasteiger partial charge in [-0.15, -0.1) is 0 Å². The normalized spacial score (nSPS) is 15.2. The number of carbonyl (C=O) groups excluding carboxylic acids is 1. The van der Waals surface area contributed by atoms with Gasteiger partial charge in [0.05, 0.1) is 25.4 Å². The van der Waals surface area contributed by atoms with Crippen molar-refractivity contribution < 1.29 is 27.8 Å². The fourth-order valence-corrected chi connectivity index (χ4v) is 4.55. The number of methoxy groups -OCH3 is 2. The Balaban J connectivity index is 1.82. The fraction of sp³-hybridized carbons (Fsp3) is 0.316. The molecule has 2 aromatic carbocycles. The van der Waals surface area contributed by atoms with Crippen molar-refractivity contribution in [2.45, 2.75) is 23.3 Å². The van der Waals surface area contributed by atoms with E-state index in [9.17, 15) is 18.3 Å². The fourth-order valence-electron chi connectivity index (χ4n) is 3.24. The van der Waals surface area contributed by atoms with E-state index < -0.39 is 21.6 Å². The van der Waals surface area contributed by atoms with Crippen molar-refractivity contribution in [2.75, 3.05) is 20.8 Å². The molecule has 0 spiro atoms. The number of aliphatic hydroxyl groups is 1. The van der Waals surface area contributed by atoms with Crippen LogP contribution in [0.1, 0.15) is 21.5 Å². The average Bonchev–Trinajstić information content (AvgIpc) is 3.02. The molecule has 0 aliphatic heterocycles. The number of rotatable bonds is 6. The van der Waals surface area contributed by atoms with E-state index in [1.165, 1.54) is 32.4 Å². The lowest BCUT2D eigenvalue weighted by Crippen LogP contribution is -2.43. The molecule has 7 nitrogen and oxygen atoms in total. The number of fused-ring (bicyclic) bond motifs is 1. The molecule has 0 unspecified atom stereocenters. The lowest BCUT2D eigenvalue weighted by atomic mass is 10.0. The predicted molar refractivity (Wildman–Crippen MR) is 98.3 cm³/mol. The van der Waals surface area contributed by atoms with Crippen LogP contribution in [0.25, 0.3) is 0 Å². The molecule has 2 N–H and O–H groups in total. The quantitative estimate of drug-likeness (QED) is 0.720. The van der Waals surface area contributed by atoms with E-state index in [0.29, 0.717) is 12.8 Å². The van der Waals surface area contributed by atoms with E-state index >= 15 is 0 Å². The highest BCUT2D eigenvalue weighted by atomic mass is 32.2. The van der Waals surface area contributed by atoms with E-state index in [4.69, 9.17) is 4.74 Å². The molecule has 0 bridgehead atoms. The maximum atomic E-state index is 12.8. The van der Waals surface area contributed by atoms with E-state index in [1.807, 2.05) is 24.3 Å². The number of ether oxygens (including phenoxy) is 2. The Morgan fingerprint density at radius 2 is 1.78 bits per heavy atom. The summed E-state index contributed by atoms with van der Waals surface area (Å²) in [7, 11) is -1.47. The van der Waals surface area contributed by atoms with Crippen molar-refractivity contribution in [3.63, 3.8) is 0 Å². The molecule has 2 aromatic rings. The zero-order valence-electron chi connectivity index (χ0n) is 15.1. The smallest absolute Gasteiger partial charge is 0.337 e. The van der Waals surface area contributed by atoms with E-state index in [2.05, 4.69) is 9.46 Å². The van der Waals surface area contributed by atoms with Gasteiger partial charge in [0.2, 0.25) is 10.0 Å². The van der Waals surface area contributed by atoms with Crippen LogP contribution in [0.4, 0.5) is 0 Å². The molecule has 3 rings (SSSR count). The molecule has 0 heterocycles. The van der Waals surface area contributed by atoms with Gasteiger partial charge in [0.15, 0.2) is 0 Å². The van der Waals surface area contributed by atoms with Gasteiger partial charge in [0.1, 0.15) is 10.6 Å². The Bertz CT molecular complexity index is 945. The van der Waals surface area contributed by atoms with Gasteiger partial charge >= 0.3 is 5.97 Å². The van der Waals surface area contributed by atoms with E-state index in [-0.39, 0.29) is 22.8 Å². The molecule has 8 heteroatoms. The zero-order valence-corrected chi connectivity index (χ0v) is 15.9. The van der Waals surface area contributed by atoms with Gasteiger partial charge in [-0.05, 0) is 29.3 Å². The van der Waals surface area contributed by atoms with Crippen LogP contribution in [0.3, 0.4) is 0 Å². The second kappa shape index (κ2) is 7.30. The van der Waals surface area contributed by atoms with Crippen molar-refractivity contribution in [3.05, 3.63) is 59.2 Å². The number of esters is 1. The van der Waals surface area contributed by atoms with Crippen LogP contribution in [0, 0.1) is 0 Å². The monoisotopic (exact) mass is 391 g/mol. The Hall–Kier alpha value is -2.42. The van der Waals surface area contributed by atoms with E-state index in [1.54, 1.807) is 0 Å². The first-order chi connectivity index (χ1) is 12.8. The van der Waals surface area contributed by atoms with Gasteiger partial charge in [0.25, 0.3) is 0 Å². The summed E-state index contributed by atoms with van der Waals surface area (Å²) >= 11 is 0. The lowest BCUT2D eigenvalue weighted by molar-refractivity contribution is 0.0566. The van der Waals surface area contributed by atoms with Crippen LogP contribution in [-0.4, -0.2) is 45.9 Å². The molecule has 1 aliphatic carbocycles. The largest absolute Gasteiger partial charge is 0.495 e. The van der Waals surface area contributed by atoms with Gasteiger partial charge in [-0.3, -0.25) is 0 Å². The van der Waals surface area contributed by atoms with Crippen LogP contribution in [-0.2, 0) is 27.6 Å². The molecule has 144 valence electrons. The van der Waals surface area contributed by atoms with Crippen molar-refractivity contribution in [1.29, 1.82) is 0 Å². The van der Waals surface area contributed by atoms with Gasteiger partial charge in [-0.2, -0.15) is 0 Å². The molecule has 27 heavy (non-hydrogen) atoms. The third-order valence-electron chi connectivity index (χ3n) is 4.62. The second-order valence-electron chi connectivity index (χ2n) is 6.53. The highest BCUT2D eigenvalue weighted by Crippen LogP contribution is 2.30. The van der Waals surface area contributed by atoms with Crippen molar-refractivity contribution in [3.8, 4) is 5.75 Å². The minimum Gasteiger partial charge on any atom is -0.495 e. The van der Waals surface area contributed by atoms with Crippen molar-refractivity contribution in [2.24, 2.45) is 0 Å². The molecular weight excluding hydrogens is 370 g/mol. The number of benzene rings is 2. The zero-order chi connectivity index (χ0) is 19.7. The Morgan fingerprint density at radius 1 is 1.15 bits per heavy atom. The summed E-state index contributed by atoms with van der Waals surface area (Å²) in [5.74, 6) is -0.559. The molecule has 0 fully saturated rings. The standard InChI is InChI=1S/C19H21NO6S/c1-25-16-8-7-13(18(21)26-2)9-17(16)27(23,24)20-12-19(22)10-14-5-3-4-6-15(14)11-19/h3-9,20,22H,10-12H2,1-2H3.